The molecule has 1 rings (SSSR count). The lowest BCUT2D eigenvalue weighted by Crippen LogP contribution is -2.32. The van der Waals surface area contributed by atoms with Crippen LogP contribution in [0.3, 0.4) is 0 Å². The van der Waals surface area contributed by atoms with E-state index in [4.69, 9.17) is 10.5 Å². The molecule has 0 aliphatic carbocycles. The molecule has 1 atom stereocenters. The third-order valence-corrected chi connectivity index (χ3v) is 2.79. The first-order valence-corrected chi connectivity index (χ1v) is 6.49. The second-order valence-corrected chi connectivity index (χ2v) is 4.28. The van der Waals surface area contributed by atoms with Gasteiger partial charge in [0.05, 0.1) is 6.54 Å². The Morgan fingerprint density at radius 1 is 1.42 bits per heavy atom. The monoisotopic (exact) mass is 267 g/mol. The van der Waals surface area contributed by atoms with Crippen molar-refractivity contribution in [2.24, 2.45) is 10.7 Å². The third kappa shape index (κ3) is 5.70. The molecule has 1 aromatic carbocycles. The van der Waals surface area contributed by atoms with Crippen LogP contribution in [0, 0.1) is 5.82 Å². The van der Waals surface area contributed by atoms with Crippen molar-refractivity contribution in [2.45, 2.75) is 25.9 Å². The molecule has 19 heavy (non-hydrogen) atoms. The van der Waals surface area contributed by atoms with Crippen molar-refractivity contribution >= 4 is 5.96 Å². The summed E-state index contributed by atoms with van der Waals surface area (Å²) in [5.41, 5.74) is 6.63. The van der Waals surface area contributed by atoms with Crippen LogP contribution in [0.25, 0.3) is 0 Å². The lowest BCUT2D eigenvalue weighted by molar-refractivity contribution is 0.111. The average Bonchev–Trinajstić information content (AvgIpc) is 2.41. The van der Waals surface area contributed by atoms with E-state index in [1.165, 1.54) is 12.1 Å². The van der Waals surface area contributed by atoms with Gasteiger partial charge < -0.3 is 15.8 Å². The molecule has 1 aromatic rings. The van der Waals surface area contributed by atoms with E-state index in [0.717, 1.165) is 24.9 Å². The van der Waals surface area contributed by atoms with Crippen LogP contribution in [0.1, 0.15) is 31.4 Å². The molecule has 0 aliphatic heterocycles. The molecule has 0 bridgehead atoms. The summed E-state index contributed by atoms with van der Waals surface area (Å²) in [5.74, 6) is 0.153. The minimum atomic E-state index is -0.261. The number of benzene rings is 1. The quantitative estimate of drug-likeness (QED) is 0.452. The highest BCUT2D eigenvalue weighted by Crippen LogP contribution is 2.17. The summed E-state index contributed by atoms with van der Waals surface area (Å²) >= 11 is 0. The van der Waals surface area contributed by atoms with Crippen molar-refractivity contribution < 1.29 is 9.13 Å². The first kappa shape index (κ1) is 15.4. The largest absolute Gasteiger partial charge is 0.375 e. The Morgan fingerprint density at radius 2 is 2.11 bits per heavy atom. The van der Waals surface area contributed by atoms with Crippen molar-refractivity contribution in [2.75, 3.05) is 20.2 Å². The first-order valence-electron chi connectivity index (χ1n) is 6.49. The van der Waals surface area contributed by atoms with Crippen molar-refractivity contribution in [3.63, 3.8) is 0 Å². The predicted octanol–water partition coefficient (Wildman–Crippen LogP) is 2.22. The number of halogens is 1. The van der Waals surface area contributed by atoms with E-state index < -0.39 is 0 Å². The van der Waals surface area contributed by atoms with Gasteiger partial charge >= 0.3 is 0 Å². The van der Waals surface area contributed by atoms with E-state index >= 15 is 0 Å². The molecule has 0 amide bonds. The first-order chi connectivity index (χ1) is 9.17. The number of guanidine groups is 1. The van der Waals surface area contributed by atoms with Crippen LogP contribution < -0.4 is 11.1 Å². The molecule has 3 N–H and O–H groups in total. The van der Waals surface area contributed by atoms with Crippen LogP contribution >= 0.6 is 0 Å². The number of rotatable bonds is 7. The van der Waals surface area contributed by atoms with Crippen LogP contribution in [-0.2, 0) is 4.74 Å². The molecule has 106 valence electrons. The Kier molecular flexibility index (Phi) is 6.89. The lowest BCUT2D eigenvalue weighted by atomic mass is 10.1. The summed E-state index contributed by atoms with van der Waals surface area (Å²) in [6.45, 7) is 3.34. The molecule has 0 aromatic heterocycles. The number of nitrogens with two attached hydrogens (primary N) is 1. The highest BCUT2D eigenvalue weighted by atomic mass is 19.1. The molecule has 0 radical (unpaired) electrons. The predicted molar refractivity (Wildman–Crippen MR) is 75.6 cm³/mol. The van der Waals surface area contributed by atoms with Crippen molar-refractivity contribution in [3.8, 4) is 0 Å². The molecule has 0 heterocycles. The fourth-order valence-corrected chi connectivity index (χ4v) is 1.62. The molecule has 0 aliphatic rings. The number of hydrogen-bond acceptors (Lipinski definition) is 2. The maximum absolute atomic E-state index is 12.8. The zero-order chi connectivity index (χ0) is 14.1. The number of nitrogens with zero attached hydrogens (tertiary/aromatic N) is 1. The Balaban J connectivity index is 2.52. The summed E-state index contributed by atoms with van der Waals surface area (Å²) in [5, 5.41) is 3.04. The molecule has 1 unspecified atom stereocenters. The minimum absolute atomic E-state index is 0.216. The van der Waals surface area contributed by atoms with Gasteiger partial charge in [0.2, 0.25) is 0 Å². The average molecular weight is 267 g/mol. The minimum Gasteiger partial charge on any atom is -0.375 e. The number of ether oxygens (including phenoxy) is 1. The number of hydrogen-bond donors (Lipinski definition) is 2. The van der Waals surface area contributed by atoms with Gasteiger partial charge in [-0.05, 0) is 24.1 Å². The number of aliphatic imine (C=N–C) groups is 1. The SMILES string of the molecule is CCCCNC(N)=NCC(OC)c1ccc(F)cc1. The molecule has 5 heteroatoms. The molecule has 0 spiro atoms. The van der Waals surface area contributed by atoms with Gasteiger partial charge in [-0.1, -0.05) is 25.5 Å². The van der Waals surface area contributed by atoms with Crippen LogP contribution in [0.2, 0.25) is 0 Å². The zero-order valence-electron chi connectivity index (χ0n) is 11.5. The summed E-state index contributed by atoms with van der Waals surface area (Å²) in [6.07, 6.45) is 1.95. The molecule has 4 nitrogen and oxygen atoms in total. The summed E-state index contributed by atoms with van der Waals surface area (Å²) in [6, 6.07) is 6.21. The van der Waals surface area contributed by atoms with Crippen LogP contribution in [-0.4, -0.2) is 26.2 Å². The van der Waals surface area contributed by atoms with Crippen molar-refractivity contribution in [1.29, 1.82) is 0 Å². The van der Waals surface area contributed by atoms with E-state index in [1.807, 2.05) is 0 Å². The Morgan fingerprint density at radius 3 is 2.68 bits per heavy atom. The van der Waals surface area contributed by atoms with Crippen molar-refractivity contribution in [1.82, 2.24) is 5.32 Å². The molecule has 0 fully saturated rings. The van der Waals surface area contributed by atoms with Gasteiger partial charge in [0.25, 0.3) is 0 Å². The van der Waals surface area contributed by atoms with E-state index in [9.17, 15) is 4.39 Å². The van der Waals surface area contributed by atoms with Gasteiger partial charge in [-0.25, -0.2) is 4.39 Å². The normalized spacial score (nSPS) is 13.3. The molecule has 0 saturated carbocycles. The second kappa shape index (κ2) is 8.48. The van der Waals surface area contributed by atoms with Crippen molar-refractivity contribution in [3.05, 3.63) is 35.6 Å². The molecule has 0 saturated heterocycles. The van der Waals surface area contributed by atoms with Gasteiger partial charge in [-0.2, -0.15) is 0 Å². The van der Waals surface area contributed by atoms with Gasteiger partial charge in [0.1, 0.15) is 11.9 Å². The number of nitrogens with one attached hydrogen (secondary N) is 1. The molecular weight excluding hydrogens is 245 g/mol. The fraction of sp³-hybridized carbons (Fsp3) is 0.500. The number of unbranched alkanes of at least 4 members (excludes halogenated alkanes) is 1. The van der Waals surface area contributed by atoms with Crippen LogP contribution in [0.5, 0.6) is 0 Å². The van der Waals surface area contributed by atoms with Gasteiger partial charge in [-0.15, -0.1) is 0 Å². The smallest absolute Gasteiger partial charge is 0.188 e. The maximum Gasteiger partial charge on any atom is 0.188 e. The van der Waals surface area contributed by atoms with E-state index in [2.05, 4.69) is 17.2 Å². The van der Waals surface area contributed by atoms with E-state index in [0.29, 0.717) is 12.5 Å². The number of methoxy groups -OCH3 is 1. The zero-order valence-corrected chi connectivity index (χ0v) is 11.5. The third-order valence-electron chi connectivity index (χ3n) is 2.79. The fourth-order valence-electron chi connectivity index (χ4n) is 1.62. The lowest BCUT2D eigenvalue weighted by Gasteiger charge is -2.14. The maximum atomic E-state index is 12.8. The topological polar surface area (TPSA) is 59.6 Å². The van der Waals surface area contributed by atoms with Gasteiger partial charge in [0.15, 0.2) is 5.96 Å². The van der Waals surface area contributed by atoms with Gasteiger partial charge in [-0.3, -0.25) is 4.99 Å². The summed E-state index contributed by atoms with van der Waals surface area (Å²) in [4.78, 5) is 4.23. The Hall–Kier alpha value is -1.62. The van der Waals surface area contributed by atoms with Crippen LogP contribution in [0.15, 0.2) is 29.3 Å². The summed E-state index contributed by atoms with van der Waals surface area (Å²) in [7, 11) is 1.60. The van der Waals surface area contributed by atoms with E-state index in [1.54, 1.807) is 19.2 Å². The highest BCUT2D eigenvalue weighted by Gasteiger charge is 2.09. The highest BCUT2D eigenvalue weighted by molar-refractivity contribution is 5.77. The van der Waals surface area contributed by atoms with Gasteiger partial charge in [0, 0.05) is 13.7 Å². The second-order valence-electron chi connectivity index (χ2n) is 4.28. The Bertz CT molecular complexity index is 392. The van der Waals surface area contributed by atoms with E-state index in [-0.39, 0.29) is 11.9 Å². The molecular formula is C14H22FN3O. The van der Waals surface area contributed by atoms with Crippen LogP contribution in [0.4, 0.5) is 4.39 Å². The summed E-state index contributed by atoms with van der Waals surface area (Å²) < 4.78 is 18.2. The Labute approximate surface area is 113 Å². The standard InChI is InChI=1S/C14H22FN3O/c1-3-4-9-17-14(16)18-10-13(19-2)11-5-7-12(15)8-6-11/h5-8,13H,3-4,9-10H2,1-2H3,(H3,16,17,18).